The van der Waals surface area contributed by atoms with Crippen molar-refractivity contribution in [1.82, 2.24) is 9.80 Å². The molecule has 3 nitrogen and oxygen atoms in total. The summed E-state index contributed by atoms with van der Waals surface area (Å²) in [5, 5.41) is 2.02. The first kappa shape index (κ1) is 11.9. The van der Waals surface area contributed by atoms with E-state index in [9.17, 15) is 4.79 Å². The zero-order valence-electron chi connectivity index (χ0n) is 10.6. The van der Waals surface area contributed by atoms with Crippen molar-refractivity contribution in [2.45, 2.75) is 6.42 Å². The van der Waals surface area contributed by atoms with Gasteiger partial charge in [0.05, 0.1) is 0 Å². The predicted octanol–water partition coefficient (Wildman–Crippen LogP) is 1.93. The van der Waals surface area contributed by atoms with Gasteiger partial charge >= 0.3 is 0 Å². The van der Waals surface area contributed by atoms with E-state index in [0.29, 0.717) is 5.41 Å². The van der Waals surface area contributed by atoms with Gasteiger partial charge in [0, 0.05) is 36.0 Å². The van der Waals surface area contributed by atoms with Crippen LogP contribution in [0.2, 0.25) is 0 Å². The van der Waals surface area contributed by atoms with Crippen LogP contribution >= 0.6 is 11.3 Å². The molecule has 0 unspecified atom stereocenters. The highest BCUT2D eigenvalue weighted by molar-refractivity contribution is 7.10. The van der Waals surface area contributed by atoms with E-state index in [1.54, 1.807) is 17.4 Å². The molecule has 1 aromatic heterocycles. The van der Waals surface area contributed by atoms with Crippen LogP contribution in [0.1, 0.15) is 11.3 Å². The molecule has 1 aromatic rings. The van der Waals surface area contributed by atoms with E-state index in [4.69, 9.17) is 0 Å². The third-order valence-corrected chi connectivity index (χ3v) is 4.76. The highest BCUT2D eigenvalue weighted by atomic mass is 32.1. The molecule has 3 heterocycles. The van der Waals surface area contributed by atoms with E-state index in [1.807, 2.05) is 28.5 Å². The van der Waals surface area contributed by atoms with Crippen LogP contribution in [-0.4, -0.2) is 48.9 Å². The highest BCUT2D eigenvalue weighted by Gasteiger charge is 2.47. The van der Waals surface area contributed by atoms with Crippen LogP contribution in [0.5, 0.6) is 0 Å². The summed E-state index contributed by atoms with van der Waals surface area (Å²) in [6.45, 7) is 4.19. The minimum absolute atomic E-state index is 0.156. The molecule has 2 aliphatic rings. The Morgan fingerprint density at radius 2 is 2.28 bits per heavy atom. The van der Waals surface area contributed by atoms with Gasteiger partial charge < -0.3 is 9.80 Å². The fourth-order valence-corrected chi connectivity index (χ4v) is 3.60. The Hall–Kier alpha value is -1.13. The molecule has 0 atom stereocenters. The minimum Gasteiger partial charge on any atom is -0.338 e. The molecule has 2 saturated heterocycles. The number of thiophene rings is 1. The topological polar surface area (TPSA) is 23.6 Å². The number of likely N-dealkylation sites (tertiary alicyclic amines) is 2. The molecule has 18 heavy (non-hydrogen) atoms. The van der Waals surface area contributed by atoms with E-state index in [0.717, 1.165) is 24.5 Å². The van der Waals surface area contributed by atoms with Crippen LogP contribution in [0, 0.1) is 5.41 Å². The van der Waals surface area contributed by atoms with Gasteiger partial charge in [0.25, 0.3) is 0 Å². The molecule has 0 bridgehead atoms. The number of carbonyl (C=O) groups is 1. The van der Waals surface area contributed by atoms with Crippen LogP contribution in [0.25, 0.3) is 6.08 Å². The van der Waals surface area contributed by atoms with E-state index < -0.39 is 0 Å². The second-order valence-electron chi connectivity index (χ2n) is 5.53. The molecule has 2 fully saturated rings. The standard InChI is InChI=1S/C14H18N2OS/c1-15-7-6-14(9-15)10-16(11-14)13(17)5-4-12-3-2-8-18-12/h2-5,8H,6-7,9-11H2,1H3/b5-4+. The van der Waals surface area contributed by atoms with Crippen LogP contribution in [0.3, 0.4) is 0 Å². The molecule has 0 aromatic carbocycles. The van der Waals surface area contributed by atoms with Gasteiger partial charge in [-0.05, 0) is 37.5 Å². The van der Waals surface area contributed by atoms with Crippen LogP contribution in [-0.2, 0) is 4.79 Å². The van der Waals surface area contributed by atoms with Crippen LogP contribution in [0.15, 0.2) is 23.6 Å². The summed E-state index contributed by atoms with van der Waals surface area (Å²) in [5.41, 5.74) is 0.404. The lowest BCUT2D eigenvalue weighted by Crippen LogP contribution is -2.59. The average molecular weight is 262 g/mol. The van der Waals surface area contributed by atoms with E-state index in [-0.39, 0.29) is 5.91 Å². The second kappa shape index (κ2) is 4.52. The zero-order chi connectivity index (χ0) is 12.6. The van der Waals surface area contributed by atoms with E-state index in [2.05, 4.69) is 11.9 Å². The van der Waals surface area contributed by atoms with Crippen molar-refractivity contribution in [3.63, 3.8) is 0 Å². The summed E-state index contributed by atoms with van der Waals surface area (Å²) in [6.07, 6.45) is 4.86. The predicted molar refractivity (Wildman–Crippen MR) is 74.5 cm³/mol. The smallest absolute Gasteiger partial charge is 0.246 e. The van der Waals surface area contributed by atoms with Crippen molar-refractivity contribution in [2.75, 3.05) is 33.2 Å². The molecule has 0 aliphatic carbocycles. The van der Waals surface area contributed by atoms with Crippen molar-refractivity contribution in [2.24, 2.45) is 5.41 Å². The number of amides is 1. The van der Waals surface area contributed by atoms with Crippen LogP contribution < -0.4 is 0 Å². The Bertz CT molecular complexity index is 460. The maximum Gasteiger partial charge on any atom is 0.246 e. The number of hydrogen-bond acceptors (Lipinski definition) is 3. The van der Waals surface area contributed by atoms with Gasteiger partial charge in [-0.3, -0.25) is 4.79 Å². The fourth-order valence-electron chi connectivity index (χ4n) is 2.98. The van der Waals surface area contributed by atoms with E-state index in [1.165, 1.54) is 13.0 Å². The third kappa shape index (κ3) is 2.22. The monoisotopic (exact) mass is 262 g/mol. The lowest BCUT2D eigenvalue weighted by Gasteiger charge is -2.47. The van der Waals surface area contributed by atoms with Crippen molar-refractivity contribution >= 4 is 23.3 Å². The molecule has 0 saturated carbocycles. The first-order valence-corrected chi connectivity index (χ1v) is 7.24. The molecule has 0 N–H and O–H groups in total. The summed E-state index contributed by atoms with van der Waals surface area (Å²) in [5.74, 6) is 0.156. The molecular weight excluding hydrogens is 244 g/mol. The van der Waals surface area contributed by atoms with E-state index >= 15 is 0 Å². The summed E-state index contributed by atoms with van der Waals surface area (Å²) < 4.78 is 0. The Morgan fingerprint density at radius 1 is 1.44 bits per heavy atom. The SMILES string of the molecule is CN1CCC2(C1)CN(C(=O)/C=C/c1cccs1)C2. The molecule has 3 rings (SSSR count). The van der Waals surface area contributed by atoms with Crippen molar-refractivity contribution in [1.29, 1.82) is 0 Å². The maximum absolute atomic E-state index is 12.0. The van der Waals surface area contributed by atoms with Gasteiger partial charge in [-0.2, -0.15) is 0 Å². The first-order chi connectivity index (χ1) is 8.67. The van der Waals surface area contributed by atoms with Crippen molar-refractivity contribution in [3.8, 4) is 0 Å². The molecular formula is C14H18N2OS. The number of hydrogen-bond donors (Lipinski definition) is 0. The lowest BCUT2D eigenvalue weighted by atomic mass is 9.79. The second-order valence-corrected chi connectivity index (χ2v) is 6.51. The van der Waals surface area contributed by atoms with Crippen molar-refractivity contribution < 1.29 is 4.79 Å². The number of nitrogens with zero attached hydrogens (tertiary/aromatic N) is 2. The normalized spacial score (nSPS) is 22.8. The summed E-state index contributed by atoms with van der Waals surface area (Å²) >= 11 is 1.66. The summed E-state index contributed by atoms with van der Waals surface area (Å²) in [6, 6.07) is 4.03. The van der Waals surface area contributed by atoms with Crippen LogP contribution in [0.4, 0.5) is 0 Å². The Labute approximate surface area is 112 Å². The summed E-state index contributed by atoms with van der Waals surface area (Å²) in [7, 11) is 2.16. The Morgan fingerprint density at radius 3 is 2.89 bits per heavy atom. The number of rotatable bonds is 2. The van der Waals surface area contributed by atoms with Crippen molar-refractivity contribution in [3.05, 3.63) is 28.5 Å². The molecule has 4 heteroatoms. The summed E-state index contributed by atoms with van der Waals surface area (Å²) in [4.78, 5) is 17.4. The van der Waals surface area contributed by atoms with Gasteiger partial charge in [0.15, 0.2) is 0 Å². The lowest BCUT2D eigenvalue weighted by molar-refractivity contribution is -0.137. The highest BCUT2D eigenvalue weighted by Crippen LogP contribution is 2.38. The largest absolute Gasteiger partial charge is 0.338 e. The minimum atomic E-state index is 0.156. The van der Waals surface area contributed by atoms with Gasteiger partial charge in [-0.15, -0.1) is 11.3 Å². The molecule has 96 valence electrons. The Balaban J connectivity index is 1.54. The molecule has 2 aliphatic heterocycles. The maximum atomic E-state index is 12.0. The number of carbonyl (C=O) groups excluding carboxylic acids is 1. The van der Waals surface area contributed by atoms with Gasteiger partial charge in [0.1, 0.15) is 0 Å². The third-order valence-electron chi connectivity index (χ3n) is 3.93. The Kier molecular flexibility index (Phi) is 2.99. The molecule has 0 radical (unpaired) electrons. The molecule has 1 amide bonds. The molecule has 1 spiro atoms. The fraction of sp³-hybridized carbons (Fsp3) is 0.500. The van der Waals surface area contributed by atoms with Gasteiger partial charge in [-0.1, -0.05) is 6.07 Å². The van der Waals surface area contributed by atoms with Gasteiger partial charge in [-0.25, -0.2) is 0 Å². The first-order valence-electron chi connectivity index (χ1n) is 6.36. The quantitative estimate of drug-likeness (QED) is 0.760. The zero-order valence-corrected chi connectivity index (χ0v) is 11.4. The van der Waals surface area contributed by atoms with Gasteiger partial charge in [0.2, 0.25) is 5.91 Å². The average Bonchev–Trinajstić information content (AvgIpc) is 2.92.